The van der Waals surface area contributed by atoms with Crippen molar-refractivity contribution in [2.24, 2.45) is 0 Å². The Bertz CT molecular complexity index is 596. The van der Waals surface area contributed by atoms with Gasteiger partial charge in [0.1, 0.15) is 18.1 Å². The van der Waals surface area contributed by atoms with Crippen LogP contribution in [-0.4, -0.2) is 14.2 Å². The first-order valence-electron chi connectivity index (χ1n) is 7.17. The molecule has 3 heteroatoms. The van der Waals surface area contributed by atoms with Crippen molar-refractivity contribution in [3.63, 3.8) is 0 Å². The maximum Gasteiger partial charge on any atom is 0.125 e. The first-order chi connectivity index (χ1) is 10.1. The van der Waals surface area contributed by atoms with Gasteiger partial charge < -0.3 is 14.8 Å². The highest BCUT2D eigenvalue weighted by molar-refractivity contribution is 5.38. The monoisotopic (exact) mass is 285 g/mol. The van der Waals surface area contributed by atoms with E-state index in [1.165, 1.54) is 11.1 Å². The van der Waals surface area contributed by atoms with Crippen molar-refractivity contribution in [2.45, 2.75) is 26.5 Å². The van der Waals surface area contributed by atoms with E-state index in [0.29, 0.717) is 12.6 Å². The lowest BCUT2D eigenvalue weighted by molar-refractivity contribution is 0.296. The van der Waals surface area contributed by atoms with Gasteiger partial charge in [0, 0.05) is 11.6 Å². The number of ether oxygens (including phenoxy) is 2. The molecule has 0 aliphatic rings. The summed E-state index contributed by atoms with van der Waals surface area (Å²) in [6.07, 6.45) is 0. The molecule has 2 aromatic rings. The molecule has 112 valence electrons. The van der Waals surface area contributed by atoms with E-state index in [4.69, 9.17) is 9.47 Å². The molecule has 0 fully saturated rings. The van der Waals surface area contributed by atoms with Gasteiger partial charge in [-0.2, -0.15) is 0 Å². The summed E-state index contributed by atoms with van der Waals surface area (Å²) >= 11 is 0. The van der Waals surface area contributed by atoms with Crippen molar-refractivity contribution in [3.8, 4) is 11.5 Å². The average molecular weight is 285 g/mol. The lowest BCUT2D eigenvalue weighted by Crippen LogP contribution is -2.13. The lowest BCUT2D eigenvalue weighted by Gasteiger charge is -2.15. The molecule has 0 saturated carbocycles. The van der Waals surface area contributed by atoms with E-state index in [9.17, 15) is 0 Å². The topological polar surface area (TPSA) is 30.5 Å². The van der Waals surface area contributed by atoms with Crippen LogP contribution in [0.5, 0.6) is 11.5 Å². The van der Waals surface area contributed by atoms with Crippen LogP contribution in [-0.2, 0) is 6.61 Å². The molecule has 1 atom stereocenters. The van der Waals surface area contributed by atoms with E-state index in [0.717, 1.165) is 17.1 Å². The van der Waals surface area contributed by atoms with Gasteiger partial charge in [-0.1, -0.05) is 18.2 Å². The Morgan fingerprint density at radius 1 is 1.14 bits per heavy atom. The number of methoxy groups -OCH3 is 1. The van der Waals surface area contributed by atoms with Gasteiger partial charge in [-0.15, -0.1) is 0 Å². The second-order valence-corrected chi connectivity index (χ2v) is 5.19. The number of hydrogen-bond acceptors (Lipinski definition) is 3. The van der Waals surface area contributed by atoms with Gasteiger partial charge in [-0.05, 0) is 56.3 Å². The Balaban J connectivity index is 2.17. The van der Waals surface area contributed by atoms with Crippen molar-refractivity contribution in [2.75, 3.05) is 14.2 Å². The fourth-order valence-corrected chi connectivity index (χ4v) is 2.21. The first kappa shape index (κ1) is 15.4. The third-order valence-electron chi connectivity index (χ3n) is 3.62. The molecule has 2 aromatic carbocycles. The van der Waals surface area contributed by atoms with Crippen LogP contribution in [0.2, 0.25) is 0 Å². The maximum absolute atomic E-state index is 5.88. The molecule has 3 nitrogen and oxygen atoms in total. The average Bonchev–Trinajstić information content (AvgIpc) is 2.52. The molecule has 0 radical (unpaired) electrons. The number of hydrogen-bond donors (Lipinski definition) is 1. The summed E-state index contributed by atoms with van der Waals surface area (Å²) in [5, 5.41) is 3.25. The van der Waals surface area contributed by atoms with Crippen LogP contribution in [0.25, 0.3) is 0 Å². The summed E-state index contributed by atoms with van der Waals surface area (Å²) in [5.41, 5.74) is 3.47. The molecular weight excluding hydrogens is 262 g/mol. The summed E-state index contributed by atoms with van der Waals surface area (Å²) in [6.45, 7) is 4.69. The summed E-state index contributed by atoms with van der Waals surface area (Å²) in [6, 6.07) is 14.6. The Labute approximate surface area is 126 Å². The zero-order valence-electron chi connectivity index (χ0n) is 13.1. The maximum atomic E-state index is 5.88. The SMILES string of the molecule is CNC(C)c1ccc(OC)c(COc2cccc(C)c2)c1. The zero-order valence-corrected chi connectivity index (χ0v) is 13.1. The van der Waals surface area contributed by atoms with Crippen molar-refractivity contribution < 1.29 is 9.47 Å². The van der Waals surface area contributed by atoms with E-state index in [2.05, 4.69) is 37.4 Å². The zero-order chi connectivity index (χ0) is 15.2. The largest absolute Gasteiger partial charge is 0.496 e. The second kappa shape index (κ2) is 7.14. The van der Waals surface area contributed by atoms with E-state index >= 15 is 0 Å². The summed E-state index contributed by atoms with van der Waals surface area (Å²) < 4.78 is 11.3. The van der Waals surface area contributed by atoms with Gasteiger partial charge >= 0.3 is 0 Å². The van der Waals surface area contributed by atoms with Crippen LogP contribution in [0.15, 0.2) is 42.5 Å². The van der Waals surface area contributed by atoms with E-state index < -0.39 is 0 Å². The highest BCUT2D eigenvalue weighted by Gasteiger charge is 2.09. The number of benzene rings is 2. The fraction of sp³-hybridized carbons (Fsp3) is 0.333. The minimum atomic E-state index is 0.300. The predicted molar refractivity (Wildman–Crippen MR) is 86.0 cm³/mol. The number of aryl methyl sites for hydroxylation is 1. The third kappa shape index (κ3) is 3.99. The van der Waals surface area contributed by atoms with Crippen LogP contribution < -0.4 is 14.8 Å². The highest BCUT2D eigenvalue weighted by atomic mass is 16.5. The third-order valence-corrected chi connectivity index (χ3v) is 3.62. The van der Waals surface area contributed by atoms with Gasteiger partial charge in [0.05, 0.1) is 7.11 Å². The second-order valence-electron chi connectivity index (χ2n) is 5.19. The molecule has 0 saturated heterocycles. The number of rotatable bonds is 6. The Hall–Kier alpha value is -2.00. The Kier molecular flexibility index (Phi) is 5.23. The van der Waals surface area contributed by atoms with E-state index in [-0.39, 0.29) is 0 Å². The number of nitrogens with one attached hydrogen (secondary N) is 1. The normalized spacial score (nSPS) is 12.0. The standard InChI is InChI=1S/C18H23NO2/c1-13-6-5-7-17(10-13)21-12-16-11-15(14(2)19-3)8-9-18(16)20-4/h5-11,14,19H,12H2,1-4H3. The fourth-order valence-electron chi connectivity index (χ4n) is 2.21. The molecule has 0 spiro atoms. The van der Waals surface area contributed by atoms with Crippen LogP contribution in [0.4, 0.5) is 0 Å². The van der Waals surface area contributed by atoms with Gasteiger partial charge in [0.15, 0.2) is 0 Å². The van der Waals surface area contributed by atoms with Crippen molar-refractivity contribution in [1.29, 1.82) is 0 Å². The van der Waals surface area contributed by atoms with Crippen molar-refractivity contribution in [1.82, 2.24) is 5.32 Å². The quantitative estimate of drug-likeness (QED) is 0.874. The summed E-state index contributed by atoms with van der Waals surface area (Å²) in [4.78, 5) is 0. The molecule has 1 N–H and O–H groups in total. The highest BCUT2D eigenvalue weighted by Crippen LogP contribution is 2.25. The van der Waals surface area contributed by atoms with Crippen LogP contribution in [0, 0.1) is 6.92 Å². The molecule has 1 unspecified atom stereocenters. The molecule has 0 aromatic heterocycles. The van der Waals surface area contributed by atoms with Crippen molar-refractivity contribution in [3.05, 3.63) is 59.2 Å². The van der Waals surface area contributed by atoms with Crippen LogP contribution in [0.1, 0.15) is 29.7 Å². The molecule has 0 bridgehead atoms. The molecule has 0 aliphatic heterocycles. The smallest absolute Gasteiger partial charge is 0.125 e. The predicted octanol–water partition coefficient (Wildman–Crippen LogP) is 3.86. The van der Waals surface area contributed by atoms with Gasteiger partial charge in [0.25, 0.3) is 0 Å². The Morgan fingerprint density at radius 3 is 2.62 bits per heavy atom. The van der Waals surface area contributed by atoms with Gasteiger partial charge in [0.2, 0.25) is 0 Å². The molecule has 0 aliphatic carbocycles. The molecule has 0 heterocycles. The summed E-state index contributed by atoms with van der Waals surface area (Å²) in [7, 11) is 3.64. The molecule has 21 heavy (non-hydrogen) atoms. The van der Waals surface area contributed by atoms with E-state index in [1.54, 1.807) is 7.11 Å². The van der Waals surface area contributed by atoms with Crippen LogP contribution >= 0.6 is 0 Å². The molecule has 2 rings (SSSR count). The van der Waals surface area contributed by atoms with Crippen molar-refractivity contribution >= 4 is 0 Å². The first-order valence-corrected chi connectivity index (χ1v) is 7.17. The minimum absolute atomic E-state index is 0.300. The Morgan fingerprint density at radius 2 is 1.95 bits per heavy atom. The van der Waals surface area contributed by atoms with E-state index in [1.807, 2.05) is 31.3 Å². The lowest BCUT2D eigenvalue weighted by atomic mass is 10.0. The van der Waals surface area contributed by atoms with Crippen LogP contribution in [0.3, 0.4) is 0 Å². The minimum Gasteiger partial charge on any atom is -0.496 e. The summed E-state index contributed by atoms with van der Waals surface area (Å²) in [5.74, 6) is 1.74. The molecule has 0 amide bonds. The van der Waals surface area contributed by atoms with Gasteiger partial charge in [-0.25, -0.2) is 0 Å². The molecular formula is C18H23NO2. The van der Waals surface area contributed by atoms with Gasteiger partial charge in [-0.3, -0.25) is 0 Å².